The Morgan fingerprint density at radius 3 is 2.44 bits per heavy atom. The van der Waals surface area contributed by atoms with Gasteiger partial charge in [-0.25, -0.2) is 0 Å². The monoisotopic (exact) mass is 246 g/mol. The zero-order chi connectivity index (χ0) is 13.4. The van der Waals surface area contributed by atoms with Crippen molar-refractivity contribution in [1.82, 2.24) is 10.9 Å². The first-order chi connectivity index (χ1) is 8.61. The van der Waals surface area contributed by atoms with Crippen molar-refractivity contribution in [3.05, 3.63) is 41.5 Å². The molecule has 4 nitrogen and oxygen atoms in total. The number of benzene rings is 1. The third kappa shape index (κ3) is 5.30. The van der Waals surface area contributed by atoms with Crippen LogP contribution in [0.1, 0.15) is 30.9 Å². The first-order valence-corrected chi connectivity index (χ1v) is 5.95. The molecule has 0 bridgehead atoms. The van der Waals surface area contributed by atoms with Gasteiger partial charge in [0.05, 0.1) is 0 Å². The average Bonchev–Trinajstić information content (AvgIpc) is 2.36. The smallest absolute Gasteiger partial charge is 0.262 e. The van der Waals surface area contributed by atoms with E-state index in [9.17, 15) is 9.59 Å². The van der Waals surface area contributed by atoms with Gasteiger partial charge < -0.3 is 0 Å². The predicted octanol–water partition coefficient (Wildman–Crippen LogP) is 1.96. The van der Waals surface area contributed by atoms with E-state index in [4.69, 9.17) is 0 Å². The maximum Gasteiger partial charge on any atom is 0.262 e. The van der Waals surface area contributed by atoms with E-state index >= 15 is 0 Å². The van der Waals surface area contributed by atoms with Gasteiger partial charge in [-0.3, -0.25) is 20.4 Å². The number of hydrazine groups is 1. The molecular formula is C14H18N2O2. The molecule has 96 valence electrons. The molecule has 1 rings (SSSR count). The Labute approximate surface area is 107 Å². The van der Waals surface area contributed by atoms with E-state index in [-0.39, 0.29) is 11.8 Å². The van der Waals surface area contributed by atoms with Crippen LogP contribution in [-0.4, -0.2) is 11.8 Å². The molecule has 2 amide bonds. The quantitative estimate of drug-likeness (QED) is 0.630. The van der Waals surface area contributed by atoms with Crippen molar-refractivity contribution in [3.63, 3.8) is 0 Å². The van der Waals surface area contributed by atoms with Gasteiger partial charge in [0.15, 0.2) is 0 Å². The number of aryl methyl sites for hydroxylation is 1. The van der Waals surface area contributed by atoms with Gasteiger partial charge in [0.25, 0.3) is 5.91 Å². The van der Waals surface area contributed by atoms with E-state index in [2.05, 4.69) is 10.9 Å². The maximum absolute atomic E-state index is 11.4. The van der Waals surface area contributed by atoms with Crippen molar-refractivity contribution < 1.29 is 9.59 Å². The van der Waals surface area contributed by atoms with Crippen LogP contribution >= 0.6 is 0 Å². The number of rotatable bonds is 4. The molecule has 18 heavy (non-hydrogen) atoms. The van der Waals surface area contributed by atoms with Crippen LogP contribution in [0.2, 0.25) is 0 Å². The molecule has 1 aromatic carbocycles. The Morgan fingerprint density at radius 2 is 1.83 bits per heavy atom. The van der Waals surface area contributed by atoms with E-state index in [0.717, 1.165) is 12.0 Å². The Kier molecular flexibility index (Phi) is 5.64. The summed E-state index contributed by atoms with van der Waals surface area (Å²) in [5.74, 6) is -0.533. The number of amides is 2. The van der Waals surface area contributed by atoms with Gasteiger partial charge in [-0.15, -0.1) is 0 Å². The standard InChI is InChI=1S/C14H18N2O2/c1-3-4-13(17)15-16-14(18)10-9-12-7-5-11(2)6-8-12/h5-10H,3-4H2,1-2H3,(H,15,17)(H,16,18)/b10-9+. The highest BCUT2D eigenvalue weighted by Gasteiger charge is 1.99. The van der Waals surface area contributed by atoms with Crippen LogP contribution < -0.4 is 10.9 Å². The lowest BCUT2D eigenvalue weighted by Gasteiger charge is -2.03. The molecular weight excluding hydrogens is 228 g/mol. The molecule has 0 unspecified atom stereocenters. The van der Waals surface area contributed by atoms with Crippen molar-refractivity contribution in [3.8, 4) is 0 Å². The topological polar surface area (TPSA) is 58.2 Å². The SMILES string of the molecule is CCCC(=O)NNC(=O)/C=C/c1ccc(C)cc1. The van der Waals surface area contributed by atoms with E-state index in [0.29, 0.717) is 6.42 Å². The molecule has 2 N–H and O–H groups in total. The molecule has 0 aliphatic carbocycles. The van der Waals surface area contributed by atoms with Crippen molar-refractivity contribution >= 4 is 17.9 Å². The summed E-state index contributed by atoms with van der Waals surface area (Å²) in [6.07, 6.45) is 4.24. The first kappa shape index (κ1) is 14.0. The Balaban J connectivity index is 2.40. The molecule has 4 heteroatoms. The molecule has 0 heterocycles. The molecule has 0 radical (unpaired) electrons. The Bertz CT molecular complexity index is 436. The van der Waals surface area contributed by atoms with Crippen molar-refractivity contribution in [2.45, 2.75) is 26.7 Å². The summed E-state index contributed by atoms with van der Waals surface area (Å²) in [4.78, 5) is 22.5. The largest absolute Gasteiger partial charge is 0.273 e. The third-order valence-electron chi connectivity index (χ3n) is 2.31. The summed E-state index contributed by atoms with van der Waals surface area (Å²) < 4.78 is 0. The zero-order valence-corrected chi connectivity index (χ0v) is 10.7. The molecule has 0 atom stereocenters. The number of carbonyl (C=O) groups excluding carboxylic acids is 2. The lowest BCUT2D eigenvalue weighted by molar-refractivity contribution is -0.126. The fourth-order valence-corrected chi connectivity index (χ4v) is 1.31. The second-order valence-corrected chi connectivity index (χ2v) is 4.03. The Hall–Kier alpha value is -2.10. The molecule has 0 aliphatic rings. The minimum absolute atomic E-state index is 0.186. The van der Waals surface area contributed by atoms with Gasteiger partial charge in [0.2, 0.25) is 5.91 Å². The number of nitrogens with one attached hydrogen (secondary N) is 2. The van der Waals surface area contributed by atoms with E-state index in [1.54, 1.807) is 6.08 Å². The second kappa shape index (κ2) is 7.27. The first-order valence-electron chi connectivity index (χ1n) is 5.95. The molecule has 0 spiro atoms. The zero-order valence-electron chi connectivity index (χ0n) is 10.7. The lowest BCUT2D eigenvalue weighted by Crippen LogP contribution is -2.40. The van der Waals surface area contributed by atoms with Crippen LogP contribution in [-0.2, 0) is 9.59 Å². The number of hydrogen-bond donors (Lipinski definition) is 2. The summed E-state index contributed by atoms with van der Waals surface area (Å²) in [5, 5.41) is 0. The van der Waals surface area contributed by atoms with Gasteiger partial charge in [0, 0.05) is 12.5 Å². The molecule has 1 aromatic rings. The van der Waals surface area contributed by atoms with Gasteiger partial charge in [-0.05, 0) is 25.0 Å². The van der Waals surface area contributed by atoms with E-state index in [1.807, 2.05) is 38.1 Å². The van der Waals surface area contributed by atoms with Gasteiger partial charge >= 0.3 is 0 Å². The fourth-order valence-electron chi connectivity index (χ4n) is 1.31. The molecule has 0 fully saturated rings. The highest BCUT2D eigenvalue weighted by atomic mass is 16.2. The van der Waals surface area contributed by atoms with E-state index in [1.165, 1.54) is 11.6 Å². The highest BCUT2D eigenvalue weighted by molar-refractivity contribution is 5.93. The Morgan fingerprint density at radius 1 is 1.17 bits per heavy atom. The summed E-state index contributed by atoms with van der Waals surface area (Å²) in [6.45, 7) is 3.90. The normalized spacial score (nSPS) is 10.3. The van der Waals surface area contributed by atoms with Gasteiger partial charge in [-0.2, -0.15) is 0 Å². The predicted molar refractivity (Wildman–Crippen MR) is 71.4 cm³/mol. The molecule has 0 aromatic heterocycles. The molecule has 0 saturated carbocycles. The van der Waals surface area contributed by atoms with Gasteiger partial charge in [-0.1, -0.05) is 36.8 Å². The third-order valence-corrected chi connectivity index (χ3v) is 2.31. The summed E-state index contributed by atoms with van der Waals surface area (Å²) in [7, 11) is 0. The summed E-state index contributed by atoms with van der Waals surface area (Å²) >= 11 is 0. The molecule has 0 saturated heterocycles. The fraction of sp³-hybridized carbons (Fsp3) is 0.286. The summed E-state index contributed by atoms with van der Waals surface area (Å²) in [6, 6.07) is 7.80. The van der Waals surface area contributed by atoms with Crippen molar-refractivity contribution in [2.75, 3.05) is 0 Å². The minimum Gasteiger partial charge on any atom is -0.273 e. The average molecular weight is 246 g/mol. The highest BCUT2D eigenvalue weighted by Crippen LogP contribution is 2.04. The summed E-state index contributed by atoms with van der Waals surface area (Å²) in [5.41, 5.74) is 6.77. The van der Waals surface area contributed by atoms with Crippen LogP contribution in [0.15, 0.2) is 30.3 Å². The number of hydrogen-bond acceptors (Lipinski definition) is 2. The minimum atomic E-state index is -0.347. The van der Waals surface area contributed by atoms with E-state index < -0.39 is 0 Å². The van der Waals surface area contributed by atoms with Gasteiger partial charge in [0.1, 0.15) is 0 Å². The maximum atomic E-state index is 11.4. The van der Waals surface area contributed by atoms with Crippen LogP contribution in [0.5, 0.6) is 0 Å². The van der Waals surface area contributed by atoms with Crippen LogP contribution in [0.4, 0.5) is 0 Å². The van der Waals surface area contributed by atoms with Crippen LogP contribution in [0, 0.1) is 6.92 Å². The van der Waals surface area contributed by atoms with Crippen molar-refractivity contribution in [1.29, 1.82) is 0 Å². The molecule has 0 aliphatic heterocycles. The lowest BCUT2D eigenvalue weighted by atomic mass is 10.1. The van der Waals surface area contributed by atoms with Crippen molar-refractivity contribution in [2.24, 2.45) is 0 Å². The van der Waals surface area contributed by atoms with Crippen LogP contribution in [0.3, 0.4) is 0 Å². The number of carbonyl (C=O) groups is 2. The second-order valence-electron chi connectivity index (χ2n) is 4.03. The van der Waals surface area contributed by atoms with Crippen LogP contribution in [0.25, 0.3) is 6.08 Å².